The zero-order valence-corrected chi connectivity index (χ0v) is 16.5. The molecular formula is C20H35N4O2+. The van der Waals surface area contributed by atoms with Crippen LogP contribution in [-0.4, -0.2) is 42.6 Å². The summed E-state index contributed by atoms with van der Waals surface area (Å²) < 4.78 is 5.46. The molecule has 4 rings (SSSR count). The van der Waals surface area contributed by atoms with Crippen LogP contribution in [0.1, 0.15) is 65.7 Å². The first-order valence-electron chi connectivity index (χ1n) is 10.0. The van der Waals surface area contributed by atoms with E-state index in [-0.39, 0.29) is 11.6 Å². The van der Waals surface area contributed by atoms with Gasteiger partial charge in [0.15, 0.2) is 0 Å². The van der Waals surface area contributed by atoms with Crippen LogP contribution in [-0.2, 0) is 4.74 Å². The van der Waals surface area contributed by atoms with Crippen molar-refractivity contribution in [2.45, 2.75) is 76.9 Å². The van der Waals surface area contributed by atoms with Crippen molar-refractivity contribution in [1.29, 1.82) is 5.41 Å². The van der Waals surface area contributed by atoms with Gasteiger partial charge < -0.3 is 26.1 Å². The zero-order valence-electron chi connectivity index (χ0n) is 16.5. The van der Waals surface area contributed by atoms with Crippen LogP contribution in [0.4, 0.5) is 4.79 Å². The molecule has 0 aromatic heterocycles. The van der Waals surface area contributed by atoms with E-state index in [1.165, 1.54) is 0 Å². The highest BCUT2D eigenvalue weighted by atomic mass is 16.6. The average Bonchev–Trinajstić information content (AvgIpc) is 2.56. The molecule has 146 valence electrons. The second-order valence-electron chi connectivity index (χ2n) is 9.44. The van der Waals surface area contributed by atoms with Gasteiger partial charge in [0, 0.05) is 41.7 Å². The number of carbonyl (C=O) groups excluding carboxylic acids is 1. The van der Waals surface area contributed by atoms with Crippen molar-refractivity contribution in [3.8, 4) is 0 Å². The average molecular weight is 364 g/mol. The molecule has 2 bridgehead atoms. The van der Waals surface area contributed by atoms with Gasteiger partial charge in [-0.05, 0) is 59.3 Å². The van der Waals surface area contributed by atoms with Crippen molar-refractivity contribution >= 4 is 11.8 Å². The highest BCUT2D eigenvalue weighted by molar-refractivity contribution is 5.98. The molecule has 6 nitrogen and oxygen atoms in total. The van der Waals surface area contributed by atoms with Crippen molar-refractivity contribution in [2.24, 2.45) is 5.41 Å². The normalized spacial score (nSPS) is 33.3. The van der Waals surface area contributed by atoms with Crippen LogP contribution in [0, 0.1) is 10.8 Å². The van der Waals surface area contributed by atoms with Crippen molar-refractivity contribution in [3.63, 3.8) is 0 Å². The van der Waals surface area contributed by atoms with Crippen LogP contribution in [0.2, 0.25) is 0 Å². The molecule has 0 aromatic rings. The first kappa shape index (κ1) is 19.4. The number of amides is 1. The number of piperidine rings is 1. The van der Waals surface area contributed by atoms with E-state index >= 15 is 0 Å². The highest BCUT2D eigenvalue weighted by Crippen LogP contribution is 2.51. The number of fused-ring (bicyclic) bond motifs is 3. The molecule has 0 spiro atoms. The molecule has 0 aromatic carbocycles. The van der Waals surface area contributed by atoms with Crippen molar-refractivity contribution in [3.05, 3.63) is 11.8 Å². The lowest BCUT2D eigenvalue weighted by atomic mass is 9.57. The van der Waals surface area contributed by atoms with Crippen molar-refractivity contribution in [2.75, 3.05) is 19.6 Å². The Morgan fingerprint density at radius 2 is 1.92 bits per heavy atom. The van der Waals surface area contributed by atoms with E-state index in [0.717, 1.165) is 75.9 Å². The molecule has 0 atom stereocenters. The summed E-state index contributed by atoms with van der Waals surface area (Å²) in [5.41, 5.74) is 1.81. The van der Waals surface area contributed by atoms with E-state index < -0.39 is 5.60 Å². The lowest BCUT2D eigenvalue weighted by Crippen LogP contribution is -2.83. The predicted molar refractivity (Wildman–Crippen MR) is 102 cm³/mol. The molecular weight excluding hydrogens is 328 g/mol. The number of rotatable bonds is 4. The summed E-state index contributed by atoms with van der Waals surface area (Å²) in [6.45, 7) is 8.55. The summed E-state index contributed by atoms with van der Waals surface area (Å²) in [5.74, 6) is 0. The summed E-state index contributed by atoms with van der Waals surface area (Å²) >= 11 is 0. The fourth-order valence-electron chi connectivity index (χ4n) is 4.59. The van der Waals surface area contributed by atoms with E-state index in [1.54, 1.807) is 0 Å². The highest BCUT2D eigenvalue weighted by Gasteiger charge is 2.50. The first-order chi connectivity index (χ1) is 12.2. The van der Waals surface area contributed by atoms with Crippen LogP contribution in [0.5, 0.6) is 0 Å². The largest absolute Gasteiger partial charge is 0.444 e. The monoisotopic (exact) mass is 363 g/mol. The molecule has 4 aliphatic rings. The topological polar surface area (TPSA) is 90.8 Å². The van der Waals surface area contributed by atoms with Gasteiger partial charge in [0.05, 0.1) is 12.7 Å². The molecule has 1 amide bonds. The lowest BCUT2D eigenvalue weighted by molar-refractivity contribution is -0.604. The number of quaternary nitrogens is 1. The standard InChI is InChI=1S/C20H34N4O2/c1-18(2,3)26-17(25)24-20-8-5-19(6-9-20,7-10-20)14-23-13-15-12-22-11-4-16(15)21/h13,21-23H,4-12,14H2,1-3H3,(H,24,25)/p+1. The number of ether oxygens (including phenoxy) is 1. The van der Waals surface area contributed by atoms with Gasteiger partial charge >= 0.3 is 6.09 Å². The van der Waals surface area contributed by atoms with Gasteiger partial charge in [0.25, 0.3) is 0 Å². The molecule has 1 saturated heterocycles. The summed E-state index contributed by atoms with van der Waals surface area (Å²) in [6, 6.07) is 0. The molecule has 3 saturated carbocycles. The summed E-state index contributed by atoms with van der Waals surface area (Å²) in [7, 11) is 0. The van der Waals surface area contributed by atoms with E-state index in [1.807, 2.05) is 20.8 Å². The molecule has 26 heavy (non-hydrogen) atoms. The quantitative estimate of drug-likeness (QED) is 0.616. The van der Waals surface area contributed by atoms with Crippen LogP contribution in [0.3, 0.4) is 0 Å². The van der Waals surface area contributed by atoms with Crippen molar-refractivity contribution in [1.82, 2.24) is 10.6 Å². The van der Waals surface area contributed by atoms with E-state index in [9.17, 15) is 4.79 Å². The Hall–Kier alpha value is -1.40. The summed E-state index contributed by atoms with van der Waals surface area (Å²) in [6.07, 6.45) is 9.37. The lowest BCUT2D eigenvalue weighted by Gasteiger charge is -2.52. The predicted octanol–water partition coefficient (Wildman–Crippen LogP) is 2.06. The molecule has 0 unspecified atom stereocenters. The van der Waals surface area contributed by atoms with Crippen molar-refractivity contribution < 1.29 is 14.8 Å². The minimum absolute atomic E-state index is 0.0576. The Morgan fingerprint density at radius 3 is 2.50 bits per heavy atom. The van der Waals surface area contributed by atoms with E-state index in [0.29, 0.717) is 5.41 Å². The Balaban J connectivity index is 1.50. The van der Waals surface area contributed by atoms with Gasteiger partial charge in [-0.3, -0.25) is 0 Å². The van der Waals surface area contributed by atoms with Crippen LogP contribution < -0.4 is 16.0 Å². The van der Waals surface area contributed by atoms with Gasteiger partial charge in [0.1, 0.15) is 5.60 Å². The van der Waals surface area contributed by atoms with Gasteiger partial charge in [-0.2, -0.15) is 0 Å². The van der Waals surface area contributed by atoms with Gasteiger partial charge in [0.2, 0.25) is 0 Å². The molecule has 4 fully saturated rings. The molecule has 3 aliphatic carbocycles. The third-order valence-electron chi connectivity index (χ3n) is 6.29. The zero-order chi connectivity index (χ0) is 18.8. The summed E-state index contributed by atoms with van der Waals surface area (Å²) in [4.78, 5) is 12.2. The molecule has 5 N–H and O–H groups in total. The number of nitrogens with two attached hydrogens (primary N) is 1. The van der Waals surface area contributed by atoms with Gasteiger partial charge in [-0.1, -0.05) is 0 Å². The maximum Gasteiger partial charge on any atom is 0.408 e. The minimum atomic E-state index is -0.446. The second kappa shape index (κ2) is 7.31. The van der Waals surface area contributed by atoms with Crippen LogP contribution in [0.15, 0.2) is 11.8 Å². The number of hydrogen-bond acceptors (Lipinski definition) is 4. The first-order valence-corrected chi connectivity index (χ1v) is 10.0. The van der Waals surface area contributed by atoms with Gasteiger partial charge in [-0.15, -0.1) is 0 Å². The molecule has 1 heterocycles. The number of nitrogens with one attached hydrogen (secondary N) is 3. The third kappa shape index (κ3) is 4.65. The van der Waals surface area contributed by atoms with Crippen LogP contribution >= 0.6 is 0 Å². The fraction of sp³-hybridized carbons (Fsp3) is 0.800. The molecule has 6 heteroatoms. The Bertz CT molecular complexity index is 567. The number of hydrogen-bond donors (Lipinski definition) is 4. The molecule has 0 radical (unpaired) electrons. The van der Waals surface area contributed by atoms with Crippen LogP contribution in [0.25, 0.3) is 0 Å². The fourth-order valence-corrected chi connectivity index (χ4v) is 4.59. The van der Waals surface area contributed by atoms with E-state index in [4.69, 9.17) is 10.1 Å². The number of alkyl carbamates (subject to hydrolysis) is 1. The Labute approximate surface area is 157 Å². The third-order valence-corrected chi connectivity index (χ3v) is 6.29. The second-order valence-corrected chi connectivity index (χ2v) is 9.44. The van der Waals surface area contributed by atoms with Gasteiger partial charge in [-0.25, -0.2) is 4.79 Å². The Kier molecular flexibility index (Phi) is 5.45. The molecule has 1 aliphatic heterocycles. The maximum absolute atomic E-state index is 12.2. The smallest absolute Gasteiger partial charge is 0.408 e. The maximum atomic E-state index is 12.2. The minimum Gasteiger partial charge on any atom is -0.444 e. The SMILES string of the molecule is CC(C)(C)OC(=O)NC12CCC(C[NH2+]C=C3CNCCC3=N)(CC1)CC2. The number of carbonyl (C=O) groups is 1. The summed E-state index contributed by atoms with van der Waals surface area (Å²) in [5, 5.41) is 16.9. The Morgan fingerprint density at radius 1 is 1.27 bits per heavy atom. The van der Waals surface area contributed by atoms with E-state index in [2.05, 4.69) is 22.2 Å².